The van der Waals surface area contributed by atoms with Crippen molar-refractivity contribution < 1.29 is 0 Å². The Labute approximate surface area is 115 Å². The molecule has 0 saturated heterocycles. The van der Waals surface area contributed by atoms with Gasteiger partial charge in [0.25, 0.3) is 5.56 Å². The van der Waals surface area contributed by atoms with Gasteiger partial charge in [-0.1, -0.05) is 19.8 Å². The van der Waals surface area contributed by atoms with Crippen LogP contribution in [-0.2, 0) is 6.54 Å². The van der Waals surface area contributed by atoms with Crippen LogP contribution < -0.4 is 16.6 Å². The molecule has 1 saturated carbocycles. The van der Waals surface area contributed by atoms with Crippen LogP contribution in [0.1, 0.15) is 39.0 Å². The van der Waals surface area contributed by atoms with Crippen LogP contribution in [0.4, 0.5) is 5.69 Å². The Hall–Kier alpha value is -1.29. The lowest BCUT2D eigenvalue weighted by Gasteiger charge is -2.32. The second-order valence-corrected chi connectivity index (χ2v) is 5.48. The van der Waals surface area contributed by atoms with Gasteiger partial charge >= 0.3 is 0 Å². The third-order valence-electron chi connectivity index (χ3n) is 4.01. The molecule has 1 aromatic heterocycles. The number of anilines is 1. The fourth-order valence-corrected chi connectivity index (χ4v) is 2.93. The summed E-state index contributed by atoms with van der Waals surface area (Å²) in [6, 6.07) is 3.99. The van der Waals surface area contributed by atoms with Crippen LogP contribution in [0.3, 0.4) is 0 Å². The van der Waals surface area contributed by atoms with Gasteiger partial charge in [0.15, 0.2) is 0 Å². The summed E-state index contributed by atoms with van der Waals surface area (Å²) in [6.07, 6.45) is 7.85. The average molecular weight is 263 g/mol. The number of nitrogens with one attached hydrogen (secondary N) is 1. The zero-order valence-corrected chi connectivity index (χ0v) is 11.8. The van der Waals surface area contributed by atoms with Crippen molar-refractivity contribution in [1.82, 2.24) is 4.57 Å². The molecule has 1 aromatic rings. The molecule has 0 spiro atoms. The maximum Gasteiger partial charge on any atom is 0.250 e. The minimum Gasteiger partial charge on any atom is -0.381 e. The van der Waals surface area contributed by atoms with Crippen molar-refractivity contribution in [1.29, 1.82) is 0 Å². The summed E-state index contributed by atoms with van der Waals surface area (Å²) >= 11 is 0. The van der Waals surface area contributed by atoms with Gasteiger partial charge in [-0.05, 0) is 37.8 Å². The monoisotopic (exact) mass is 263 g/mol. The maximum atomic E-state index is 11.7. The summed E-state index contributed by atoms with van der Waals surface area (Å²) in [6.45, 7) is 3.60. The summed E-state index contributed by atoms with van der Waals surface area (Å²) in [5, 5.41) is 3.57. The Balaban J connectivity index is 2.09. The predicted octanol–water partition coefficient (Wildman–Crippen LogP) is 2.19. The largest absolute Gasteiger partial charge is 0.381 e. The summed E-state index contributed by atoms with van der Waals surface area (Å²) in [4.78, 5) is 11.7. The van der Waals surface area contributed by atoms with Gasteiger partial charge in [0, 0.05) is 24.8 Å². The molecule has 0 bridgehead atoms. The Bertz CT molecular complexity index is 455. The van der Waals surface area contributed by atoms with Crippen LogP contribution in [0.2, 0.25) is 0 Å². The van der Waals surface area contributed by atoms with Gasteiger partial charge in [0.05, 0.1) is 5.69 Å². The van der Waals surface area contributed by atoms with E-state index < -0.39 is 0 Å². The van der Waals surface area contributed by atoms with Crippen molar-refractivity contribution in [3.05, 3.63) is 28.7 Å². The van der Waals surface area contributed by atoms with Crippen molar-refractivity contribution in [2.45, 2.75) is 51.6 Å². The van der Waals surface area contributed by atoms with E-state index in [0.29, 0.717) is 12.0 Å². The van der Waals surface area contributed by atoms with E-state index >= 15 is 0 Å². The van der Waals surface area contributed by atoms with Gasteiger partial charge in [-0.2, -0.15) is 0 Å². The van der Waals surface area contributed by atoms with Crippen LogP contribution in [0.25, 0.3) is 0 Å². The molecular weight excluding hydrogens is 238 g/mol. The van der Waals surface area contributed by atoms with E-state index in [-0.39, 0.29) is 5.56 Å². The second-order valence-electron chi connectivity index (χ2n) is 5.48. The van der Waals surface area contributed by atoms with Gasteiger partial charge < -0.3 is 15.6 Å². The molecule has 0 amide bonds. The number of nitrogens with zero attached hydrogens (tertiary/aromatic N) is 1. The fraction of sp³-hybridized carbons (Fsp3) is 0.667. The zero-order valence-electron chi connectivity index (χ0n) is 11.8. The average Bonchev–Trinajstić information content (AvgIpc) is 2.43. The molecule has 0 radical (unpaired) electrons. The number of rotatable bonds is 5. The van der Waals surface area contributed by atoms with Gasteiger partial charge in [-0.15, -0.1) is 0 Å². The molecule has 2 atom stereocenters. The van der Waals surface area contributed by atoms with E-state index in [1.807, 2.05) is 12.3 Å². The molecule has 106 valence electrons. The van der Waals surface area contributed by atoms with Gasteiger partial charge in [-0.25, -0.2) is 0 Å². The fourth-order valence-electron chi connectivity index (χ4n) is 2.93. The molecule has 1 aliphatic rings. The lowest BCUT2D eigenvalue weighted by atomic mass is 9.84. The van der Waals surface area contributed by atoms with Crippen LogP contribution in [0.5, 0.6) is 0 Å². The molecule has 19 heavy (non-hydrogen) atoms. The highest BCUT2D eigenvalue weighted by Crippen LogP contribution is 2.26. The first-order valence-electron chi connectivity index (χ1n) is 7.41. The number of aryl methyl sites for hydroxylation is 1. The Morgan fingerprint density at radius 3 is 2.89 bits per heavy atom. The second kappa shape index (κ2) is 6.75. The van der Waals surface area contributed by atoms with E-state index in [1.54, 1.807) is 10.6 Å². The highest BCUT2D eigenvalue weighted by Gasteiger charge is 2.23. The molecule has 2 unspecified atom stereocenters. The van der Waals surface area contributed by atoms with Gasteiger partial charge in [0.1, 0.15) is 0 Å². The Kier molecular flexibility index (Phi) is 5.02. The number of nitrogens with two attached hydrogens (primary N) is 1. The lowest BCUT2D eigenvalue weighted by molar-refractivity contribution is 0.332. The highest BCUT2D eigenvalue weighted by atomic mass is 16.1. The van der Waals surface area contributed by atoms with Gasteiger partial charge in [-0.3, -0.25) is 4.79 Å². The van der Waals surface area contributed by atoms with Crippen molar-refractivity contribution >= 4 is 5.69 Å². The van der Waals surface area contributed by atoms with Crippen LogP contribution in [0.15, 0.2) is 23.1 Å². The predicted molar refractivity (Wildman–Crippen MR) is 79.4 cm³/mol. The molecule has 4 nitrogen and oxygen atoms in total. The van der Waals surface area contributed by atoms with Crippen LogP contribution in [0, 0.1) is 5.92 Å². The molecule has 1 fully saturated rings. The smallest absolute Gasteiger partial charge is 0.250 e. The van der Waals surface area contributed by atoms with Gasteiger partial charge in [0.2, 0.25) is 0 Å². The first kappa shape index (κ1) is 14.1. The third kappa shape index (κ3) is 3.60. The maximum absolute atomic E-state index is 11.7. The van der Waals surface area contributed by atoms with Crippen LogP contribution in [-0.4, -0.2) is 17.2 Å². The van der Waals surface area contributed by atoms with Crippen molar-refractivity contribution in [2.75, 3.05) is 11.9 Å². The standard InChI is InChI=1S/C15H25N3O/c1-2-9-18-11-13(7-8-15(18)19)17-14-6-4-3-5-12(14)10-16/h7-8,11-12,14,17H,2-6,9-10,16H2,1H3. The van der Waals surface area contributed by atoms with E-state index in [9.17, 15) is 4.79 Å². The number of aromatic nitrogens is 1. The summed E-state index contributed by atoms with van der Waals surface area (Å²) < 4.78 is 1.78. The first-order valence-corrected chi connectivity index (χ1v) is 7.41. The summed E-state index contributed by atoms with van der Waals surface area (Å²) in [5.74, 6) is 0.556. The molecule has 1 aliphatic carbocycles. The molecular formula is C15H25N3O. The topological polar surface area (TPSA) is 60.1 Å². The number of pyridine rings is 1. The molecule has 1 heterocycles. The van der Waals surface area contributed by atoms with E-state index in [1.165, 1.54) is 25.7 Å². The minimum atomic E-state index is 0.0754. The third-order valence-corrected chi connectivity index (χ3v) is 4.01. The van der Waals surface area contributed by atoms with E-state index in [4.69, 9.17) is 5.73 Å². The summed E-state index contributed by atoms with van der Waals surface area (Å²) in [7, 11) is 0. The molecule has 3 N–H and O–H groups in total. The van der Waals surface area contributed by atoms with Crippen molar-refractivity contribution in [3.8, 4) is 0 Å². The van der Waals surface area contributed by atoms with E-state index in [2.05, 4.69) is 12.2 Å². The zero-order chi connectivity index (χ0) is 13.7. The minimum absolute atomic E-state index is 0.0754. The van der Waals surface area contributed by atoms with E-state index in [0.717, 1.165) is 25.2 Å². The molecule has 0 aliphatic heterocycles. The Morgan fingerprint density at radius 2 is 2.16 bits per heavy atom. The highest BCUT2D eigenvalue weighted by molar-refractivity contribution is 5.41. The number of hydrogen-bond acceptors (Lipinski definition) is 3. The lowest BCUT2D eigenvalue weighted by Crippen LogP contribution is -2.37. The Morgan fingerprint density at radius 1 is 1.37 bits per heavy atom. The van der Waals surface area contributed by atoms with Crippen LogP contribution >= 0.6 is 0 Å². The quantitative estimate of drug-likeness (QED) is 0.856. The number of hydrogen-bond donors (Lipinski definition) is 2. The normalized spacial score (nSPS) is 23.3. The molecule has 0 aromatic carbocycles. The summed E-state index contributed by atoms with van der Waals surface area (Å²) in [5.41, 5.74) is 6.97. The van der Waals surface area contributed by atoms with Crippen molar-refractivity contribution in [2.24, 2.45) is 11.7 Å². The molecule has 4 heteroatoms. The molecule has 2 rings (SSSR count). The van der Waals surface area contributed by atoms with Crippen molar-refractivity contribution in [3.63, 3.8) is 0 Å². The SMILES string of the molecule is CCCn1cc(NC2CCCCC2CN)ccc1=O. The first-order chi connectivity index (χ1) is 9.24.